The Kier molecular flexibility index (Phi) is 4.25. The van der Waals surface area contributed by atoms with Crippen LogP contribution in [0.15, 0.2) is 36.5 Å². The van der Waals surface area contributed by atoms with Crippen LogP contribution in [-0.4, -0.2) is 58.2 Å². The standard InChI is InChI=1S/C19H21N7O/c1-26(2)8-7-22-19(27)16-10-13-12(5-6-21-18(13)23-16)11-3-4-15-14(9-11)17(20)25-24-15/h3-6,9-10H,7-8H2,1-2H3,(H,21,23)(H,22,27)(H3,20,24,25). The van der Waals surface area contributed by atoms with Crippen molar-refractivity contribution in [2.24, 2.45) is 0 Å². The van der Waals surface area contributed by atoms with Gasteiger partial charge in [-0.15, -0.1) is 0 Å². The summed E-state index contributed by atoms with van der Waals surface area (Å²) in [6.45, 7) is 1.36. The second kappa shape index (κ2) is 6.73. The fraction of sp³-hybridized carbons (Fsp3) is 0.211. The summed E-state index contributed by atoms with van der Waals surface area (Å²) in [5.41, 5.74) is 9.95. The molecule has 138 valence electrons. The van der Waals surface area contributed by atoms with Crippen LogP contribution >= 0.6 is 0 Å². The van der Waals surface area contributed by atoms with E-state index in [1.54, 1.807) is 6.20 Å². The van der Waals surface area contributed by atoms with E-state index < -0.39 is 0 Å². The number of carbonyl (C=O) groups is 1. The Morgan fingerprint density at radius 1 is 1.22 bits per heavy atom. The van der Waals surface area contributed by atoms with E-state index in [-0.39, 0.29) is 5.91 Å². The molecule has 27 heavy (non-hydrogen) atoms. The number of nitrogens with two attached hydrogens (primary N) is 1. The van der Waals surface area contributed by atoms with E-state index in [2.05, 4.69) is 25.5 Å². The summed E-state index contributed by atoms with van der Waals surface area (Å²) < 4.78 is 0. The summed E-state index contributed by atoms with van der Waals surface area (Å²) in [5.74, 6) is 0.322. The van der Waals surface area contributed by atoms with Gasteiger partial charge >= 0.3 is 0 Å². The number of aromatic nitrogens is 4. The lowest BCUT2D eigenvalue weighted by molar-refractivity contribution is 0.0947. The Hall–Kier alpha value is -3.39. The zero-order valence-electron chi connectivity index (χ0n) is 15.2. The Balaban J connectivity index is 1.70. The Morgan fingerprint density at radius 2 is 2.07 bits per heavy atom. The molecule has 3 aromatic heterocycles. The van der Waals surface area contributed by atoms with Gasteiger partial charge in [0.1, 0.15) is 11.3 Å². The van der Waals surface area contributed by atoms with Crippen molar-refractivity contribution in [1.29, 1.82) is 0 Å². The smallest absolute Gasteiger partial charge is 0.267 e. The van der Waals surface area contributed by atoms with Crippen LogP contribution in [0.4, 0.5) is 5.82 Å². The molecule has 0 unspecified atom stereocenters. The lowest BCUT2D eigenvalue weighted by Gasteiger charge is -2.09. The first-order chi connectivity index (χ1) is 13.0. The second-order valence-electron chi connectivity index (χ2n) is 6.73. The quantitative estimate of drug-likeness (QED) is 0.433. The van der Waals surface area contributed by atoms with Crippen LogP contribution in [0.2, 0.25) is 0 Å². The number of benzene rings is 1. The molecule has 0 bridgehead atoms. The number of nitrogens with one attached hydrogen (secondary N) is 3. The van der Waals surface area contributed by atoms with Gasteiger partial charge in [0.15, 0.2) is 5.82 Å². The topological polar surface area (TPSA) is 116 Å². The zero-order valence-corrected chi connectivity index (χ0v) is 15.2. The molecule has 0 aliphatic carbocycles. The highest BCUT2D eigenvalue weighted by molar-refractivity contribution is 6.03. The lowest BCUT2D eigenvalue weighted by Crippen LogP contribution is -2.31. The van der Waals surface area contributed by atoms with Crippen LogP contribution in [0.1, 0.15) is 10.5 Å². The third-order valence-electron chi connectivity index (χ3n) is 4.52. The highest BCUT2D eigenvalue weighted by atomic mass is 16.1. The maximum absolute atomic E-state index is 12.4. The number of carbonyl (C=O) groups excluding carboxylic acids is 1. The SMILES string of the molecule is CN(C)CCNC(=O)c1cc2c(-c3ccc4[nH]nc(N)c4c3)ccnc2[nH]1. The minimum Gasteiger partial charge on any atom is -0.382 e. The van der Waals surface area contributed by atoms with Gasteiger partial charge in [-0.2, -0.15) is 5.10 Å². The fourth-order valence-electron chi connectivity index (χ4n) is 3.09. The van der Waals surface area contributed by atoms with Crippen molar-refractivity contribution in [2.45, 2.75) is 0 Å². The molecule has 5 N–H and O–H groups in total. The molecule has 4 aromatic rings. The number of nitrogen functional groups attached to an aromatic ring is 1. The molecule has 0 spiro atoms. The molecular formula is C19H21N7O. The third-order valence-corrected chi connectivity index (χ3v) is 4.52. The number of nitrogens with zero attached hydrogens (tertiary/aromatic N) is 3. The number of anilines is 1. The largest absolute Gasteiger partial charge is 0.382 e. The van der Waals surface area contributed by atoms with Crippen LogP contribution in [0, 0.1) is 0 Å². The predicted octanol–water partition coefficient (Wildman–Crippen LogP) is 1.98. The monoisotopic (exact) mass is 363 g/mol. The molecule has 0 aliphatic heterocycles. The van der Waals surface area contributed by atoms with E-state index in [4.69, 9.17) is 5.73 Å². The number of fused-ring (bicyclic) bond motifs is 2. The molecule has 8 heteroatoms. The summed E-state index contributed by atoms with van der Waals surface area (Å²) in [7, 11) is 3.93. The Morgan fingerprint density at radius 3 is 2.89 bits per heavy atom. The van der Waals surface area contributed by atoms with Gasteiger partial charge in [-0.3, -0.25) is 9.89 Å². The van der Waals surface area contributed by atoms with E-state index in [1.165, 1.54) is 0 Å². The summed E-state index contributed by atoms with van der Waals surface area (Å²) in [6.07, 6.45) is 1.73. The first-order valence-electron chi connectivity index (χ1n) is 8.67. The van der Waals surface area contributed by atoms with Crippen molar-refractivity contribution in [1.82, 2.24) is 30.4 Å². The normalized spacial score (nSPS) is 11.5. The molecule has 0 fully saturated rings. The lowest BCUT2D eigenvalue weighted by atomic mass is 10.0. The van der Waals surface area contributed by atoms with Crippen LogP contribution < -0.4 is 11.1 Å². The molecule has 0 saturated carbocycles. The fourth-order valence-corrected chi connectivity index (χ4v) is 3.09. The molecule has 3 heterocycles. The first kappa shape index (κ1) is 17.0. The second-order valence-corrected chi connectivity index (χ2v) is 6.73. The van der Waals surface area contributed by atoms with Gasteiger partial charge in [0, 0.05) is 30.1 Å². The molecule has 0 atom stereocenters. The highest BCUT2D eigenvalue weighted by Gasteiger charge is 2.14. The van der Waals surface area contributed by atoms with Crippen LogP contribution in [-0.2, 0) is 0 Å². The van der Waals surface area contributed by atoms with Gasteiger partial charge < -0.3 is 20.9 Å². The van der Waals surface area contributed by atoms with Gasteiger partial charge in [-0.05, 0) is 49.5 Å². The van der Waals surface area contributed by atoms with E-state index in [0.29, 0.717) is 23.7 Å². The maximum atomic E-state index is 12.4. The first-order valence-corrected chi connectivity index (χ1v) is 8.67. The number of aromatic amines is 2. The summed E-state index contributed by atoms with van der Waals surface area (Å²) >= 11 is 0. The number of amides is 1. The van der Waals surface area contributed by atoms with Crippen molar-refractivity contribution in [3.05, 3.63) is 42.2 Å². The van der Waals surface area contributed by atoms with Gasteiger partial charge in [-0.1, -0.05) is 6.07 Å². The van der Waals surface area contributed by atoms with Crippen LogP contribution in [0.5, 0.6) is 0 Å². The summed E-state index contributed by atoms with van der Waals surface area (Å²) in [5, 5.41) is 11.6. The summed E-state index contributed by atoms with van der Waals surface area (Å²) in [4.78, 5) is 21.9. The average molecular weight is 363 g/mol. The zero-order chi connectivity index (χ0) is 19.0. The Labute approximate surface area is 155 Å². The van der Waals surface area contributed by atoms with Gasteiger partial charge in [0.05, 0.1) is 5.52 Å². The number of likely N-dealkylation sites (N-methyl/N-ethyl adjacent to an activating group) is 1. The van der Waals surface area contributed by atoms with Gasteiger partial charge in [0.2, 0.25) is 0 Å². The number of hydrogen-bond acceptors (Lipinski definition) is 5. The number of pyridine rings is 1. The van der Waals surface area contributed by atoms with E-state index in [9.17, 15) is 4.79 Å². The van der Waals surface area contributed by atoms with Crippen molar-refractivity contribution >= 4 is 33.7 Å². The molecule has 1 aromatic carbocycles. The molecule has 4 rings (SSSR count). The summed E-state index contributed by atoms with van der Waals surface area (Å²) in [6, 6.07) is 9.71. The minimum absolute atomic E-state index is 0.143. The number of hydrogen-bond donors (Lipinski definition) is 4. The van der Waals surface area contributed by atoms with Crippen LogP contribution in [0.3, 0.4) is 0 Å². The van der Waals surface area contributed by atoms with Gasteiger partial charge in [0.25, 0.3) is 5.91 Å². The number of H-pyrrole nitrogens is 2. The minimum atomic E-state index is -0.143. The molecule has 8 nitrogen and oxygen atoms in total. The molecule has 0 aliphatic rings. The van der Waals surface area contributed by atoms with Crippen LogP contribution in [0.25, 0.3) is 33.1 Å². The van der Waals surface area contributed by atoms with Crippen molar-refractivity contribution in [3.63, 3.8) is 0 Å². The molecule has 0 saturated heterocycles. The van der Waals surface area contributed by atoms with E-state index in [0.717, 1.165) is 34.0 Å². The average Bonchev–Trinajstić information content (AvgIpc) is 3.25. The maximum Gasteiger partial charge on any atom is 0.267 e. The third kappa shape index (κ3) is 3.22. The predicted molar refractivity (Wildman–Crippen MR) is 106 cm³/mol. The van der Waals surface area contributed by atoms with Crippen molar-refractivity contribution < 1.29 is 4.79 Å². The van der Waals surface area contributed by atoms with Crippen molar-refractivity contribution in [3.8, 4) is 11.1 Å². The van der Waals surface area contributed by atoms with Crippen molar-refractivity contribution in [2.75, 3.05) is 32.9 Å². The van der Waals surface area contributed by atoms with Gasteiger partial charge in [-0.25, -0.2) is 4.98 Å². The molecule has 1 amide bonds. The number of rotatable bonds is 5. The Bertz CT molecular complexity index is 1130. The molecule has 0 radical (unpaired) electrons. The van der Waals surface area contributed by atoms with E-state index >= 15 is 0 Å². The molecular weight excluding hydrogens is 342 g/mol. The highest BCUT2D eigenvalue weighted by Crippen LogP contribution is 2.31. The van der Waals surface area contributed by atoms with E-state index in [1.807, 2.05) is 49.3 Å².